The first-order valence-corrected chi connectivity index (χ1v) is 10.2. The maximum Gasteiger partial charge on any atom is 0.409 e. The zero-order valence-electron chi connectivity index (χ0n) is 17.0. The van der Waals surface area contributed by atoms with Crippen LogP contribution in [0.1, 0.15) is 46.5 Å². The minimum absolute atomic E-state index is 0.195. The molecule has 0 aromatic heterocycles. The van der Waals surface area contributed by atoms with Crippen molar-refractivity contribution in [1.82, 2.24) is 20.4 Å². The number of ether oxygens (including phenoxy) is 1. The Morgan fingerprint density at radius 3 is 2.58 bits per heavy atom. The van der Waals surface area contributed by atoms with Gasteiger partial charge in [-0.25, -0.2) is 4.79 Å². The number of likely N-dealkylation sites (tertiary alicyclic amines) is 2. The summed E-state index contributed by atoms with van der Waals surface area (Å²) < 4.78 is 5.08. The summed E-state index contributed by atoms with van der Waals surface area (Å²) in [4.78, 5) is 20.6. The fourth-order valence-electron chi connectivity index (χ4n) is 3.86. The summed E-state index contributed by atoms with van der Waals surface area (Å²) in [6.07, 6.45) is 4.19. The molecule has 0 aliphatic carbocycles. The van der Waals surface area contributed by atoms with Gasteiger partial charge in [0.05, 0.1) is 6.61 Å². The van der Waals surface area contributed by atoms with Crippen molar-refractivity contribution in [1.29, 1.82) is 0 Å². The van der Waals surface area contributed by atoms with Gasteiger partial charge in [0.15, 0.2) is 5.96 Å². The molecule has 1 amide bonds. The predicted molar refractivity (Wildman–Crippen MR) is 106 cm³/mol. The van der Waals surface area contributed by atoms with E-state index < -0.39 is 0 Å². The predicted octanol–water partition coefficient (Wildman–Crippen LogP) is 1.89. The lowest BCUT2D eigenvalue weighted by atomic mass is 10.1. The molecule has 7 heteroatoms. The minimum atomic E-state index is -0.195. The normalized spacial score (nSPS) is 22.7. The summed E-state index contributed by atoms with van der Waals surface area (Å²) in [5.41, 5.74) is 0. The number of hydrogen-bond acceptors (Lipinski definition) is 4. The van der Waals surface area contributed by atoms with E-state index in [1.807, 2.05) is 14.0 Å². The lowest BCUT2D eigenvalue weighted by Crippen LogP contribution is -2.51. The second-order valence-electron chi connectivity index (χ2n) is 7.74. The molecule has 2 N–H and O–H groups in total. The highest BCUT2D eigenvalue weighted by atomic mass is 16.6. The first-order valence-electron chi connectivity index (χ1n) is 10.2. The van der Waals surface area contributed by atoms with E-state index in [1.54, 1.807) is 4.90 Å². The van der Waals surface area contributed by atoms with E-state index in [0.29, 0.717) is 24.6 Å². The molecule has 26 heavy (non-hydrogen) atoms. The molecule has 2 fully saturated rings. The number of piperidine rings is 1. The van der Waals surface area contributed by atoms with Gasteiger partial charge in [0.25, 0.3) is 0 Å². The Morgan fingerprint density at radius 2 is 1.96 bits per heavy atom. The largest absolute Gasteiger partial charge is 0.450 e. The number of nitrogens with zero attached hydrogens (tertiary/aromatic N) is 3. The van der Waals surface area contributed by atoms with Gasteiger partial charge in [-0.15, -0.1) is 0 Å². The van der Waals surface area contributed by atoms with Gasteiger partial charge in [0, 0.05) is 45.3 Å². The summed E-state index contributed by atoms with van der Waals surface area (Å²) in [5, 5.41) is 7.03. The smallest absolute Gasteiger partial charge is 0.409 e. The second kappa shape index (κ2) is 10.6. The minimum Gasteiger partial charge on any atom is -0.450 e. The van der Waals surface area contributed by atoms with Gasteiger partial charge in [-0.2, -0.15) is 0 Å². The SMILES string of the molecule is CCOC(=O)N1CCC(NC(=NC)NC[C@H]2CCCN2CC(C)C)CC1. The molecule has 2 saturated heterocycles. The van der Waals surface area contributed by atoms with Crippen molar-refractivity contribution in [3.8, 4) is 0 Å². The average Bonchev–Trinajstić information content (AvgIpc) is 3.05. The van der Waals surface area contributed by atoms with Gasteiger partial charge in [-0.3, -0.25) is 9.89 Å². The Bertz CT molecular complexity index is 461. The van der Waals surface area contributed by atoms with Crippen LogP contribution in [-0.4, -0.2) is 80.3 Å². The van der Waals surface area contributed by atoms with Crippen LogP contribution in [0, 0.1) is 5.92 Å². The van der Waals surface area contributed by atoms with Crippen LogP contribution >= 0.6 is 0 Å². The van der Waals surface area contributed by atoms with Crippen LogP contribution < -0.4 is 10.6 Å². The second-order valence-corrected chi connectivity index (χ2v) is 7.74. The molecule has 2 aliphatic rings. The highest BCUT2D eigenvalue weighted by Crippen LogP contribution is 2.18. The molecule has 2 aliphatic heterocycles. The summed E-state index contributed by atoms with van der Waals surface area (Å²) >= 11 is 0. The summed E-state index contributed by atoms with van der Waals surface area (Å²) in [6.45, 7) is 11.6. The first kappa shape index (κ1) is 20.8. The van der Waals surface area contributed by atoms with Crippen molar-refractivity contribution < 1.29 is 9.53 Å². The molecule has 2 rings (SSSR count). The van der Waals surface area contributed by atoms with Crippen LogP contribution in [0.2, 0.25) is 0 Å². The molecule has 0 radical (unpaired) electrons. The Morgan fingerprint density at radius 1 is 1.23 bits per heavy atom. The number of carbonyl (C=O) groups is 1. The van der Waals surface area contributed by atoms with Crippen LogP contribution in [0.5, 0.6) is 0 Å². The number of hydrogen-bond donors (Lipinski definition) is 2. The van der Waals surface area contributed by atoms with Crippen molar-refractivity contribution >= 4 is 12.1 Å². The number of carbonyl (C=O) groups excluding carboxylic acids is 1. The molecule has 0 unspecified atom stereocenters. The molecular formula is C19H37N5O2. The van der Waals surface area contributed by atoms with Crippen LogP contribution in [0.15, 0.2) is 4.99 Å². The van der Waals surface area contributed by atoms with Gasteiger partial charge in [-0.05, 0) is 45.1 Å². The number of amides is 1. The molecule has 0 aromatic carbocycles. The zero-order chi connectivity index (χ0) is 18.9. The third-order valence-corrected chi connectivity index (χ3v) is 5.19. The van der Waals surface area contributed by atoms with Gasteiger partial charge in [0.2, 0.25) is 0 Å². The number of aliphatic imine (C=N–C) groups is 1. The van der Waals surface area contributed by atoms with Crippen molar-refractivity contribution in [2.75, 3.05) is 46.4 Å². The standard InChI is InChI=1S/C19H37N5O2/c1-5-26-19(25)23-11-8-16(9-12-23)22-18(20-4)21-13-17-7-6-10-24(17)14-15(2)3/h15-17H,5-14H2,1-4H3,(H2,20,21,22)/t17-/m1/s1. The molecule has 2 heterocycles. The summed E-state index contributed by atoms with van der Waals surface area (Å²) in [7, 11) is 1.82. The third-order valence-electron chi connectivity index (χ3n) is 5.19. The quantitative estimate of drug-likeness (QED) is 0.554. The fourth-order valence-corrected chi connectivity index (χ4v) is 3.86. The third kappa shape index (κ3) is 6.34. The molecular weight excluding hydrogens is 330 g/mol. The first-order chi connectivity index (χ1) is 12.5. The number of guanidine groups is 1. The molecule has 7 nitrogen and oxygen atoms in total. The molecule has 0 saturated carbocycles. The average molecular weight is 368 g/mol. The van der Waals surface area contributed by atoms with Crippen LogP contribution in [0.25, 0.3) is 0 Å². The fraction of sp³-hybridized carbons (Fsp3) is 0.895. The molecule has 0 bridgehead atoms. The van der Waals surface area contributed by atoms with E-state index >= 15 is 0 Å². The maximum absolute atomic E-state index is 11.8. The molecule has 0 aromatic rings. The van der Waals surface area contributed by atoms with E-state index in [1.165, 1.54) is 25.9 Å². The van der Waals surface area contributed by atoms with E-state index in [2.05, 4.69) is 34.4 Å². The lowest BCUT2D eigenvalue weighted by molar-refractivity contribution is 0.0963. The Balaban J connectivity index is 1.72. The maximum atomic E-state index is 11.8. The Hall–Kier alpha value is -1.50. The van der Waals surface area contributed by atoms with E-state index in [0.717, 1.165) is 38.4 Å². The van der Waals surface area contributed by atoms with Gasteiger partial charge in [-0.1, -0.05) is 13.8 Å². The topological polar surface area (TPSA) is 69.2 Å². The van der Waals surface area contributed by atoms with Gasteiger partial charge in [0.1, 0.15) is 0 Å². The molecule has 150 valence electrons. The number of rotatable bonds is 6. The van der Waals surface area contributed by atoms with E-state index in [-0.39, 0.29) is 6.09 Å². The van der Waals surface area contributed by atoms with Crippen LogP contribution in [0.4, 0.5) is 4.79 Å². The Labute approximate surface area is 158 Å². The van der Waals surface area contributed by atoms with Crippen LogP contribution in [-0.2, 0) is 4.74 Å². The van der Waals surface area contributed by atoms with Crippen molar-refractivity contribution in [3.05, 3.63) is 0 Å². The van der Waals surface area contributed by atoms with Gasteiger partial charge < -0.3 is 20.3 Å². The summed E-state index contributed by atoms with van der Waals surface area (Å²) in [6, 6.07) is 0.948. The highest BCUT2D eigenvalue weighted by molar-refractivity contribution is 5.80. The van der Waals surface area contributed by atoms with Gasteiger partial charge >= 0.3 is 6.09 Å². The monoisotopic (exact) mass is 367 g/mol. The molecule has 0 spiro atoms. The number of nitrogens with one attached hydrogen (secondary N) is 2. The van der Waals surface area contributed by atoms with Crippen molar-refractivity contribution in [2.24, 2.45) is 10.9 Å². The summed E-state index contributed by atoms with van der Waals surface area (Å²) in [5.74, 6) is 1.58. The van der Waals surface area contributed by atoms with Crippen molar-refractivity contribution in [3.63, 3.8) is 0 Å². The lowest BCUT2D eigenvalue weighted by Gasteiger charge is -2.33. The van der Waals surface area contributed by atoms with Crippen LogP contribution in [0.3, 0.4) is 0 Å². The highest BCUT2D eigenvalue weighted by Gasteiger charge is 2.26. The van der Waals surface area contributed by atoms with E-state index in [4.69, 9.17) is 4.74 Å². The molecule has 1 atom stereocenters. The Kier molecular flexibility index (Phi) is 8.48. The zero-order valence-corrected chi connectivity index (χ0v) is 17.0. The van der Waals surface area contributed by atoms with E-state index in [9.17, 15) is 4.79 Å². The van der Waals surface area contributed by atoms with Crippen molar-refractivity contribution in [2.45, 2.75) is 58.5 Å².